The van der Waals surface area contributed by atoms with Crippen molar-refractivity contribution in [1.82, 2.24) is 19.4 Å². The molecule has 2 amide bonds. The van der Waals surface area contributed by atoms with E-state index >= 15 is 0 Å². The number of benzene rings is 1. The molecular weight excluding hydrogens is 468 g/mol. The number of nitrogens with one attached hydrogen (secondary N) is 3. The summed E-state index contributed by atoms with van der Waals surface area (Å²) in [6.45, 7) is 4.86. The van der Waals surface area contributed by atoms with E-state index in [9.17, 15) is 9.00 Å². The summed E-state index contributed by atoms with van der Waals surface area (Å²) in [4.78, 5) is 15.4. The Bertz CT molecular complexity index is 1280. The predicted molar refractivity (Wildman–Crippen MR) is 130 cm³/mol. The van der Waals surface area contributed by atoms with E-state index in [1.54, 1.807) is 11.8 Å². The Morgan fingerprint density at radius 3 is 2.89 bits per heavy atom. The van der Waals surface area contributed by atoms with Crippen molar-refractivity contribution in [2.75, 3.05) is 32.1 Å². The number of anilines is 1. The number of methoxy groups -OCH3 is 1. The minimum absolute atomic E-state index is 0.0985. The highest BCUT2D eigenvalue weighted by atomic mass is 32.2. The maximum absolute atomic E-state index is 13.4. The molecule has 3 N–H and O–H groups in total. The molecule has 2 unspecified atom stereocenters. The first-order valence-electron chi connectivity index (χ1n) is 12.3. The van der Waals surface area contributed by atoms with Gasteiger partial charge in [-0.15, -0.1) is 0 Å². The maximum atomic E-state index is 13.4. The molecule has 2 aliphatic carbocycles. The maximum Gasteiger partial charge on any atom is 0.331 e. The predicted octanol–water partition coefficient (Wildman–Crippen LogP) is 2.66. The minimum Gasteiger partial charge on any atom is -0.475 e. The second-order valence-corrected chi connectivity index (χ2v) is 11.9. The van der Waals surface area contributed by atoms with Gasteiger partial charge in [-0.3, -0.25) is 4.90 Å². The van der Waals surface area contributed by atoms with Crippen LogP contribution in [0.2, 0.25) is 0 Å². The van der Waals surface area contributed by atoms with Crippen LogP contribution in [0.4, 0.5) is 10.5 Å². The first-order chi connectivity index (χ1) is 16.8. The Balaban J connectivity index is 1.18. The van der Waals surface area contributed by atoms with Crippen molar-refractivity contribution in [1.29, 1.82) is 4.78 Å². The van der Waals surface area contributed by atoms with Gasteiger partial charge in [0.2, 0.25) is 5.88 Å². The van der Waals surface area contributed by atoms with Gasteiger partial charge >= 0.3 is 6.03 Å². The molecule has 1 aromatic carbocycles. The van der Waals surface area contributed by atoms with Gasteiger partial charge in [0, 0.05) is 25.9 Å². The molecule has 11 heteroatoms. The average Bonchev–Trinajstić information content (AvgIpc) is 3.51. The topological polar surface area (TPSA) is 122 Å². The molecule has 35 heavy (non-hydrogen) atoms. The van der Waals surface area contributed by atoms with Crippen molar-refractivity contribution < 1.29 is 18.5 Å². The third-order valence-corrected chi connectivity index (χ3v) is 9.30. The number of hydrogen-bond donors (Lipinski definition) is 3. The number of carbonyl (C=O) groups is 1. The Morgan fingerprint density at radius 2 is 2.09 bits per heavy atom. The molecule has 1 fully saturated rings. The molecule has 1 aromatic heterocycles. The SMILES string of the molecule is COC1CN([C@@H]2COc3c(S(=N)(=O)NC(=O)Nc4c5c(cc6c4C(C)CC6)CCC5)cnn3C2)C1. The summed E-state index contributed by atoms with van der Waals surface area (Å²) in [6, 6.07) is 1.81. The minimum atomic E-state index is -3.67. The summed E-state index contributed by atoms with van der Waals surface area (Å²) in [5, 5.41) is 7.29. The van der Waals surface area contributed by atoms with E-state index in [1.165, 1.54) is 28.5 Å². The van der Waals surface area contributed by atoms with Crippen molar-refractivity contribution in [2.24, 2.45) is 0 Å². The molecule has 2 aliphatic heterocycles. The van der Waals surface area contributed by atoms with E-state index < -0.39 is 15.9 Å². The quantitative estimate of drug-likeness (QED) is 0.580. The number of ether oxygens (including phenoxy) is 2. The zero-order valence-electron chi connectivity index (χ0n) is 20.1. The van der Waals surface area contributed by atoms with Crippen LogP contribution in [-0.4, -0.2) is 63.9 Å². The molecule has 188 valence electrons. The molecule has 6 rings (SSSR count). The largest absolute Gasteiger partial charge is 0.475 e. The van der Waals surface area contributed by atoms with Gasteiger partial charge in [-0.25, -0.2) is 23.2 Å². The number of aromatic nitrogens is 2. The zero-order valence-corrected chi connectivity index (χ0v) is 21.0. The van der Waals surface area contributed by atoms with Crippen molar-refractivity contribution in [3.05, 3.63) is 34.5 Å². The standard InChI is InChI=1S/C24H32N6O4S/c1-14-6-7-16-8-15-4-3-5-19(15)22(21(14)16)27-24(31)28-35(25,32)20-9-26-30-10-17(13-34-23(20)30)29-11-18(12-29)33-2/h8-9,14,17-18H,3-7,10-13H2,1-2H3,(H3,25,27,28,31,32)/t14?,17-,35?/m0/s1. The Labute approximate surface area is 205 Å². The lowest BCUT2D eigenvalue weighted by Crippen LogP contribution is -2.59. The van der Waals surface area contributed by atoms with Gasteiger partial charge in [0.25, 0.3) is 0 Å². The first-order valence-corrected chi connectivity index (χ1v) is 13.9. The van der Waals surface area contributed by atoms with E-state index in [0.717, 1.165) is 50.9 Å². The Kier molecular flexibility index (Phi) is 5.53. The molecule has 0 saturated carbocycles. The van der Waals surface area contributed by atoms with Gasteiger partial charge in [0.05, 0.1) is 24.9 Å². The molecule has 4 aliphatic rings. The summed E-state index contributed by atoms with van der Waals surface area (Å²) < 4.78 is 37.1. The van der Waals surface area contributed by atoms with Crippen molar-refractivity contribution in [3.63, 3.8) is 0 Å². The van der Waals surface area contributed by atoms with Gasteiger partial charge < -0.3 is 14.8 Å². The van der Waals surface area contributed by atoms with Crippen LogP contribution in [0.15, 0.2) is 17.2 Å². The third kappa shape index (κ3) is 3.89. The first kappa shape index (κ1) is 22.8. The van der Waals surface area contributed by atoms with E-state index in [1.807, 2.05) is 0 Å². The summed E-state index contributed by atoms with van der Waals surface area (Å²) in [5.74, 6) is 0.654. The lowest BCUT2D eigenvalue weighted by atomic mass is 9.95. The van der Waals surface area contributed by atoms with Crippen LogP contribution < -0.4 is 14.8 Å². The molecule has 1 saturated heterocycles. The average molecular weight is 501 g/mol. The van der Waals surface area contributed by atoms with Crippen LogP contribution in [0.3, 0.4) is 0 Å². The lowest BCUT2D eigenvalue weighted by Gasteiger charge is -2.44. The fraction of sp³-hybridized carbons (Fsp3) is 0.583. The number of amides is 2. The molecule has 0 radical (unpaired) electrons. The fourth-order valence-corrected chi connectivity index (χ4v) is 7.00. The summed E-state index contributed by atoms with van der Waals surface area (Å²) in [7, 11) is -1.95. The number of hydrogen-bond acceptors (Lipinski definition) is 7. The summed E-state index contributed by atoms with van der Waals surface area (Å²) >= 11 is 0. The van der Waals surface area contributed by atoms with Crippen LogP contribution in [0.5, 0.6) is 5.88 Å². The monoisotopic (exact) mass is 500 g/mol. The van der Waals surface area contributed by atoms with Gasteiger partial charge in [0.15, 0.2) is 9.92 Å². The molecule has 0 bridgehead atoms. The van der Waals surface area contributed by atoms with Gasteiger partial charge in [-0.1, -0.05) is 13.0 Å². The number of rotatable bonds is 5. The molecule has 10 nitrogen and oxygen atoms in total. The number of urea groups is 1. The highest BCUT2D eigenvalue weighted by Gasteiger charge is 2.37. The number of fused-ring (bicyclic) bond motifs is 3. The number of nitrogens with zero attached hydrogens (tertiary/aromatic N) is 3. The summed E-state index contributed by atoms with van der Waals surface area (Å²) in [6.07, 6.45) is 6.72. The van der Waals surface area contributed by atoms with Crippen LogP contribution >= 0.6 is 0 Å². The number of carbonyl (C=O) groups excluding carboxylic acids is 1. The van der Waals surface area contributed by atoms with E-state index in [-0.39, 0.29) is 17.0 Å². The van der Waals surface area contributed by atoms with Crippen molar-refractivity contribution in [2.45, 2.75) is 68.5 Å². The fourth-order valence-electron chi connectivity index (χ4n) is 5.97. The second kappa shape index (κ2) is 8.49. The molecule has 2 aromatic rings. The third-order valence-electron chi connectivity index (χ3n) is 7.93. The Morgan fingerprint density at radius 1 is 1.26 bits per heavy atom. The van der Waals surface area contributed by atoms with E-state index in [0.29, 0.717) is 24.9 Å². The van der Waals surface area contributed by atoms with Crippen LogP contribution in [0.25, 0.3) is 0 Å². The molecular formula is C24H32N6O4S. The Hall–Kier alpha value is -2.63. The molecule has 3 heterocycles. The normalized spacial score (nSPS) is 25.1. The van der Waals surface area contributed by atoms with Crippen molar-refractivity contribution in [3.8, 4) is 5.88 Å². The van der Waals surface area contributed by atoms with E-state index in [2.05, 4.69) is 33.0 Å². The highest BCUT2D eigenvalue weighted by Crippen LogP contribution is 2.44. The lowest BCUT2D eigenvalue weighted by molar-refractivity contribution is -0.0687. The second-order valence-electron chi connectivity index (χ2n) is 10.1. The highest BCUT2D eigenvalue weighted by molar-refractivity contribution is 7.91. The van der Waals surface area contributed by atoms with E-state index in [4.69, 9.17) is 14.3 Å². The van der Waals surface area contributed by atoms with Gasteiger partial charge in [0.1, 0.15) is 11.5 Å². The van der Waals surface area contributed by atoms with Gasteiger partial charge in [-0.05, 0) is 60.3 Å². The smallest absolute Gasteiger partial charge is 0.331 e. The number of aryl methyl sites for hydroxylation is 2. The van der Waals surface area contributed by atoms with Crippen molar-refractivity contribution >= 4 is 21.6 Å². The molecule has 3 atom stereocenters. The molecule has 0 spiro atoms. The van der Waals surface area contributed by atoms with Crippen LogP contribution in [0.1, 0.15) is 47.9 Å². The zero-order chi connectivity index (χ0) is 24.3. The van der Waals surface area contributed by atoms with Crippen LogP contribution in [0, 0.1) is 4.78 Å². The summed E-state index contributed by atoms with van der Waals surface area (Å²) in [5.41, 5.74) is 5.83. The van der Waals surface area contributed by atoms with Gasteiger partial charge in [-0.2, -0.15) is 5.10 Å². The van der Waals surface area contributed by atoms with Crippen LogP contribution in [-0.2, 0) is 40.5 Å². The number of likely N-dealkylation sites (tertiary alicyclic amines) is 1.